The van der Waals surface area contributed by atoms with Crippen LogP contribution in [0.3, 0.4) is 0 Å². The van der Waals surface area contributed by atoms with Crippen LogP contribution >= 0.6 is 24.1 Å². The van der Waals surface area contributed by atoms with E-state index in [-0.39, 0.29) is 0 Å². The van der Waals surface area contributed by atoms with E-state index in [0.717, 1.165) is 22.5 Å². The number of aromatic nitrogens is 2. The number of fused-ring (bicyclic) bond motifs is 1. The summed E-state index contributed by atoms with van der Waals surface area (Å²) in [5.74, 6) is 1.67. The van der Waals surface area contributed by atoms with Crippen LogP contribution < -0.4 is 0 Å². The van der Waals surface area contributed by atoms with Gasteiger partial charge in [0, 0.05) is 35.6 Å². The minimum atomic E-state index is 0.837. The van der Waals surface area contributed by atoms with Gasteiger partial charge in [-0.05, 0) is 12.1 Å². The molecule has 1 aromatic heterocycles. The number of imidazole rings is 1. The first kappa shape index (κ1) is 14.9. The van der Waals surface area contributed by atoms with Crippen molar-refractivity contribution in [2.45, 2.75) is 0 Å². The van der Waals surface area contributed by atoms with Gasteiger partial charge in [0.05, 0.1) is 17.4 Å². The van der Waals surface area contributed by atoms with Gasteiger partial charge in [-0.2, -0.15) is 0 Å². The molecule has 0 aliphatic carbocycles. The van der Waals surface area contributed by atoms with Crippen molar-refractivity contribution in [2.75, 3.05) is 11.5 Å². The zero-order chi connectivity index (χ0) is 13.1. The molecular weight excluding hydrogens is 264 g/mol. The minimum absolute atomic E-state index is 0.837. The van der Waals surface area contributed by atoms with Gasteiger partial charge in [-0.3, -0.25) is 0 Å². The molecule has 2 aromatic rings. The molecule has 0 bridgehead atoms. The predicted octanol–water partition coefficient (Wildman–Crippen LogP) is 4.23. The first-order chi connectivity index (χ1) is 8.88. The summed E-state index contributed by atoms with van der Waals surface area (Å²) in [6.45, 7) is 7.10. The molecule has 1 heterocycles. The number of benzene rings is 1. The standard InChI is InChI=1S/C7H6N2.C6H10OS2/c1-2-4-7-6(3-1)8-5-9-7;1-3-5-8-7-9-6-4-2/h1-5H,(H,8,9);3-4H,1-2,5-6H2. The monoisotopic (exact) mass is 280 g/mol. The summed E-state index contributed by atoms with van der Waals surface area (Å²) in [4.78, 5) is 7.07. The van der Waals surface area contributed by atoms with E-state index in [1.54, 1.807) is 18.5 Å². The maximum Gasteiger partial charge on any atom is 0.0931 e. The fourth-order valence-corrected chi connectivity index (χ4v) is 1.97. The number of nitrogens with one attached hydrogen (secondary N) is 1. The van der Waals surface area contributed by atoms with Crippen LogP contribution in [-0.2, 0) is 3.63 Å². The number of aromatic amines is 1. The first-order valence-electron chi connectivity index (χ1n) is 5.39. The van der Waals surface area contributed by atoms with Gasteiger partial charge in [-0.1, -0.05) is 24.3 Å². The van der Waals surface area contributed by atoms with Crippen LogP contribution in [0.25, 0.3) is 11.0 Å². The quantitative estimate of drug-likeness (QED) is 0.488. The fourth-order valence-electron chi connectivity index (χ4n) is 1.07. The second-order valence-corrected chi connectivity index (χ2v) is 4.82. The molecule has 5 heteroatoms. The Kier molecular flexibility index (Phi) is 8.12. The topological polar surface area (TPSA) is 37.9 Å². The van der Waals surface area contributed by atoms with Gasteiger partial charge in [0.2, 0.25) is 0 Å². The zero-order valence-corrected chi connectivity index (χ0v) is 11.7. The van der Waals surface area contributed by atoms with Crippen LogP contribution in [0.2, 0.25) is 0 Å². The van der Waals surface area contributed by atoms with Crippen molar-refractivity contribution < 1.29 is 3.63 Å². The van der Waals surface area contributed by atoms with Crippen molar-refractivity contribution in [1.29, 1.82) is 0 Å². The summed E-state index contributed by atoms with van der Waals surface area (Å²) in [5, 5.41) is 0. The lowest BCUT2D eigenvalue weighted by Crippen LogP contribution is -1.71. The molecule has 2 rings (SSSR count). The fraction of sp³-hybridized carbons (Fsp3) is 0.154. The lowest BCUT2D eigenvalue weighted by atomic mass is 10.3. The van der Waals surface area contributed by atoms with Crippen molar-refractivity contribution in [2.24, 2.45) is 0 Å². The largest absolute Gasteiger partial charge is 0.345 e. The third-order valence-corrected chi connectivity index (χ3v) is 3.31. The molecule has 3 nitrogen and oxygen atoms in total. The van der Waals surface area contributed by atoms with Crippen molar-refractivity contribution >= 4 is 35.1 Å². The van der Waals surface area contributed by atoms with Crippen LogP contribution in [0.4, 0.5) is 0 Å². The van der Waals surface area contributed by atoms with Gasteiger partial charge >= 0.3 is 0 Å². The van der Waals surface area contributed by atoms with E-state index in [2.05, 4.69) is 23.1 Å². The first-order valence-corrected chi connectivity index (χ1v) is 7.21. The summed E-state index contributed by atoms with van der Waals surface area (Å²) in [6.07, 6.45) is 5.31. The third kappa shape index (κ3) is 5.95. The summed E-state index contributed by atoms with van der Waals surface area (Å²) in [7, 11) is 0. The highest BCUT2D eigenvalue weighted by atomic mass is 32.2. The van der Waals surface area contributed by atoms with Crippen molar-refractivity contribution in [3.8, 4) is 0 Å². The molecule has 0 aliphatic heterocycles. The lowest BCUT2D eigenvalue weighted by Gasteiger charge is -1.93. The molecule has 0 saturated heterocycles. The maximum absolute atomic E-state index is 5.01. The molecule has 0 fully saturated rings. The Hall–Kier alpha value is -1.17. The Morgan fingerprint density at radius 2 is 1.83 bits per heavy atom. The SMILES string of the molecule is C=CCSOSCC=C.c1ccc2[nH]cnc2c1. The number of nitrogens with zero attached hydrogens (tertiary/aromatic N) is 1. The molecule has 0 atom stereocenters. The summed E-state index contributed by atoms with van der Waals surface area (Å²) >= 11 is 2.78. The van der Waals surface area contributed by atoms with Crippen molar-refractivity contribution in [3.63, 3.8) is 0 Å². The average Bonchev–Trinajstić information content (AvgIpc) is 2.88. The Morgan fingerprint density at radius 3 is 2.44 bits per heavy atom. The molecule has 96 valence electrons. The van der Waals surface area contributed by atoms with Crippen LogP contribution in [0.1, 0.15) is 0 Å². The van der Waals surface area contributed by atoms with Crippen molar-refractivity contribution in [1.82, 2.24) is 9.97 Å². The molecule has 1 N–H and O–H groups in total. The van der Waals surface area contributed by atoms with Gasteiger partial charge < -0.3 is 4.98 Å². The van der Waals surface area contributed by atoms with E-state index in [1.165, 1.54) is 24.1 Å². The van der Waals surface area contributed by atoms with Crippen molar-refractivity contribution in [3.05, 3.63) is 55.9 Å². The molecule has 0 amide bonds. The summed E-state index contributed by atoms with van der Waals surface area (Å²) < 4.78 is 5.01. The molecule has 1 aromatic carbocycles. The van der Waals surface area contributed by atoms with E-state index >= 15 is 0 Å². The highest BCUT2D eigenvalue weighted by molar-refractivity contribution is 8.08. The molecule has 0 aliphatic rings. The highest BCUT2D eigenvalue weighted by Crippen LogP contribution is 2.13. The van der Waals surface area contributed by atoms with Gasteiger partial charge in [0.15, 0.2) is 0 Å². The molecule has 0 saturated carbocycles. The molecular formula is C13H16N2OS2. The van der Waals surface area contributed by atoms with Crippen LogP contribution in [-0.4, -0.2) is 21.5 Å². The minimum Gasteiger partial charge on any atom is -0.345 e. The Morgan fingerprint density at radius 1 is 1.17 bits per heavy atom. The van der Waals surface area contributed by atoms with E-state index in [0.29, 0.717) is 0 Å². The molecule has 18 heavy (non-hydrogen) atoms. The molecule has 0 spiro atoms. The zero-order valence-electron chi connectivity index (χ0n) is 10.0. The van der Waals surface area contributed by atoms with E-state index < -0.39 is 0 Å². The van der Waals surface area contributed by atoms with Crippen LogP contribution in [0, 0.1) is 0 Å². The Bertz CT molecular complexity index is 430. The second kappa shape index (κ2) is 9.82. The summed E-state index contributed by atoms with van der Waals surface area (Å²) in [5.41, 5.74) is 2.12. The average molecular weight is 280 g/mol. The number of hydrogen-bond donors (Lipinski definition) is 1. The lowest BCUT2D eigenvalue weighted by molar-refractivity contribution is 0.763. The van der Waals surface area contributed by atoms with E-state index in [1.807, 2.05) is 24.3 Å². The van der Waals surface area contributed by atoms with Gasteiger partial charge in [-0.15, -0.1) is 13.2 Å². The number of rotatable bonds is 6. The third-order valence-electron chi connectivity index (χ3n) is 1.80. The van der Waals surface area contributed by atoms with Gasteiger partial charge in [-0.25, -0.2) is 8.61 Å². The van der Waals surface area contributed by atoms with Gasteiger partial charge in [0.25, 0.3) is 0 Å². The van der Waals surface area contributed by atoms with Gasteiger partial charge in [0.1, 0.15) is 0 Å². The van der Waals surface area contributed by atoms with Crippen LogP contribution in [0.15, 0.2) is 55.9 Å². The number of para-hydroxylation sites is 2. The smallest absolute Gasteiger partial charge is 0.0931 e. The predicted molar refractivity (Wildman–Crippen MR) is 82.5 cm³/mol. The number of hydrogen-bond acceptors (Lipinski definition) is 4. The second-order valence-electron chi connectivity index (χ2n) is 3.13. The van der Waals surface area contributed by atoms with E-state index in [4.69, 9.17) is 3.63 Å². The summed E-state index contributed by atoms with van der Waals surface area (Å²) in [6, 6.07) is 7.94. The van der Waals surface area contributed by atoms with E-state index in [9.17, 15) is 0 Å². The van der Waals surface area contributed by atoms with Crippen LogP contribution in [0.5, 0.6) is 0 Å². The Labute approximate surface area is 116 Å². The highest BCUT2D eigenvalue weighted by Gasteiger charge is 1.88. The molecule has 0 unspecified atom stereocenters. The molecule has 0 radical (unpaired) electrons. The number of H-pyrrole nitrogens is 1. The Balaban J connectivity index is 0.000000180. The maximum atomic E-state index is 5.01. The normalized spacial score (nSPS) is 9.56.